The summed E-state index contributed by atoms with van der Waals surface area (Å²) in [7, 11) is 0. The van der Waals surface area contributed by atoms with E-state index in [9.17, 15) is 31.5 Å². The van der Waals surface area contributed by atoms with Gasteiger partial charge in [0, 0.05) is 9.79 Å². The molecule has 0 radical (unpaired) electrons. The average Bonchev–Trinajstić information content (AvgIpc) is 2.29. The van der Waals surface area contributed by atoms with Crippen LogP contribution in [0.25, 0.3) is 0 Å². The van der Waals surface area contributed by atoms with Crippen LogP contribution < -0.4 is 0 Å². The van der Waals surface area contributed by atoms with Gasteiger partial charge in [0.25, 0.3) is 10.2 Å². The van der Waals surface area contributed by atoms with Crippen molar-refractivity contribution in [2.24, 2.45) is 0 Å². The number of hydrogen-bond acceptors (Lipinski definition) is 4. The molecule has 1 aromatic carbocycles. The number of carbonyl (C=O) groups is 2. The third kappa shape index (κ3) is 5.29. The predicted molar refractivity (Wildman–Crippen MR) is 65.0 cm³/mol. The van der Waals surface area contributed by atoms with Crippen molar-refractivity contribution in [3.05, 3.63) is 24.3 Å². The second-order valence-electron chi connectivity index (χ2n) is 3.25. The van der Waals surface area contributed by atoms with Crippen LogP contribution in [-0.4, -0.2) is 21.8 Å². The van der Waals surface area contributed by atoms with E-state index in [0.717, 1.165) is 24.3 Å². The molecule has 0 saturated carbocycles. The zero-order valence-electron chi connectivity index (χ0n) is 9.21. The van der Waals surface area contributed by atoms with Crippen LogP contribution >= 0.6 is 35.1 Å². The van der Waals surface area contributed by atoms with Gasteiger partial charge in [-0.2, -0.15) is 22.0 Å². The van der Waals surface area contributed by atoms with Crippen LogP contribution in [0.15, 0.2) is 34.1 Å². The Morgan fingerprint density at radius 1 is 0.850 bits per heavy atom. The van der Waals surface area contributed by atoms with Crippen molar-refractivity contribution >= 4 is 45.4 Å². The first-order valence-corrected chi connectivity index (χ1v) is 6.69. The van der Waals surface area contributed by atoms with Gasteiger partial charge in [0.05, 0.1) is 0 Å². The van der Waals surface area contributed by atoms with Crippen molar-refractivity contribution in [1.29, 1.82) is 0 Å². The monoisotopic (exact) mass is 350 g/mol. The van der Waals surface area contributed by atoms with Crippen molar-refractivity contribution in [3.8, 4) is 0 Å². The molecule has 10 heteroatoms. The maximum atomic E-state index is 12.4. The molecule has 0 spiro atoms. The van der Waals surface area contributed by atoms with Gasteiger partial charge in [-0.05, 0) is 59.4 Å². The van der Waals surface area contributed by atoms with E-state index < -0.39 is 21.8 Å². The molecule has 0 amide bonds. The summed E-state index contributed by atoms with van der Waals surface area (Å²) in [5.41, 5.74) is 0. The van der Waals surface area contributed by atoms with E-state index >= 15 is 0 Å². The molecule has 0 fully saturated rings. The number of hydrogen-bond donors (Lipinski definition) is 0. The topological polar surface area (TPSA) is 34.1 Å². The van der Waals surface area contributed by atoms with E-state index in [1.807, 2.05) is 0 Å². The van der Waals surface area contributed by atoms with Gasteiger partial charge >= 0.3 is 11.6 Å². The van der Waals surface area contributed by atoms with Crippen molar-refractivity contribution in [3.63, 3.8) is 0 Å². The largest absolute Gasteiger partial charge is 0.461 e. The molecule has 0 aliphatic carbocycles. The van der Waals surface area contributed by atoms with Crippen LogP contribution in [0.5, 0.6) is 0 Å². The first-order chi connectivity index (χ1) is 9.00. The molecular formula is C10H4ClF5O2S2. The second kappa shape index (κ2) is 6.31. The Bertz CT molecular complexity index is 463. The standard InChI is InChI=1S/C10H4ClF5O2S2/c11-9(12,13)7(17)19-5-1-3-6(4-2-5)20-8(18)10(14,15)16/h1-4H. The molecule has 0 N–H and O–H groups in total. The molecule has 110 valence electrons. The average molecular weight is 351 g/mol. The fourth-order valence-electron chi connectivity index (χ4n) is 0.906. The zero-order valence-corrected chi connectivity index (χ0v) is 11.6. The minimum atomic E-state index is -4.96. The fraction of sp³-hybridized carbons (Fsp3) is 0.200. The normalized spacial score (nSPS) is 12.3. The summed E-state index contributed by atoms with van der Waals surface area (Å²) >= 11 is 4.60. The molecule has 0 aliphatic heterocycles. The molecule has 0 aromatic heterocycles. The smallest absolute Gasteiger partial charge is 0.278 e. The Balaban J connectivity index is 2.71. The Morgan fingerprint density at radius 3 is 1.50 bits per heavy atom. The highest BCUT2D eigenvalue weighted by Crippen LogP contribution is 2.33. The van der Waals surface area contributed by atoms with Crippen LogP contribution in [0.4, 0.5) is 22.0 Å². The molecule has 0 atom stereocenters. The lowest BCUT2D eigenvalue weighted by molar-refractivity contribution is -0.160. The fourth-order valence-corrected chi connectivity index (χ4v) is 2.23. The second-order valence-corrected chi connectivity index (χ2v) is 5.81. The molecule has 2 nitrogen and oxygen atoms in total. The number of rotatable bonds is 3. The molecule has 1 rings (SSSR count). The van der Waals surface area contributed by atoms with E-state index in [2.05, 4.69) is 11.6 Å². The number of halogens is 6. The summed E-state index contributed by atoms with van der Waals surface area (Å²) in [5.74, 6) is 0. The quantitative estimate of drug-likeness (QED) is 0.462. The van der Waals surface area contributed by atoms with Crippen molar-refractivity contribution < 1.29 is 31.5 Å². The van der Waals surface area contributed by atoms with E-state index in [4.69, 9.17) is 0 Å². The Labute approximate surface area is 123 Å². The minimum absolute atomic E-state index is 0.0262. The summed E-state index contributed by atoms with van der Waals surface area (Å²) < 4.78 is 60.8. The third-order valence-electron chi connectivity index (χ3n) is 1.71. The highest BCUT2D eigenvalue weighted by atomic mass is 35.5. The first-order valence-electron chi connectivity index (χ1n) is 4.68. The van der Waals surface area contributed by atoms with E-state index in [1.165, 1.54) is 0 Å². The predicted octanol–water partition coefficient (Wildman–Crippen LogP) is 4.32. The van der Waals surface area contributed by atoms with Crippen LogP contribution in [0.3, 0.4) is 0 Å². The van der Waals surface area contributed by atoms with Crippen LogP contribution in [0, 0.1) is 0 Å². The van der Waals surface area contributed by atoms with Gasteiger partial charge in [-0.15, -0.1) is 0 Å². The van der Waals surface area contributed by atoms with Gasteiger partial charge in [0.2, 0.25) is 0 Å². The van der Waals surface area contributed by atoms with Gasteiger partial charge in [-0.3, -0.25) is 9.59 Å². The molecule has 0 saturated heterocycles. The van der Waals surface area contributed by atoms with Gasteiger partial charge < -0.3 is 0 Å². The highest BCUT2D eigenvalue weighted by molar-refractivity contribution is 8.14. The third-order valence-corrected chi connectivity index (χ3v) is 3.87. The van der Waals surface area contributed by atoms with Crippen molar-refractivity contribution in [1.82, 2.24) is 0 Å². The molecule has 0 unspecified atom stereocenters. The van der Waals surface area contributed by atoms with E-state index in [-0.39, 0.29) is 33.3 Å². The lowest BCUT2D eigenvalue weighted by Gasteiger charge is -2.07. The summed E-state index contributed by atoms with van der Waals surface area (Å²) in [6.45, 7) is 0. The number of thioether (sulfide) groups is 2. The molecule has 20 heavy (non-hydrogen) atoms. The molecule has 0 bridgehead atoms. The lowest BCUT2D eigenvalue weighted by atomic mass is 10.4. The summed E-state index contributed by atoms with van der Waals surface area (Å²) in [5, 5.41) is -7.63. The highest BCUT2D eigenvalue weighted by Gasteiger charge is 2.39. The first kappa shape index (κ1) is 17.3. The molecule has 0 heterocycles. The minimum Gasteiger partial charge on any atom is -0.278 e. The molecule has 1 aromatic rings. The van der Waals surface area contributed by atoms with Crippen LogP contribution in [0.2, 0.25) is 0 Å². The molecule has 0 aliphatic rings. The molecular weight excluding hydrogens is 347 g/mol. The Morgan fingerprint density at radius 2 is 1.20 bits per heavy atom. The van der Waals surface area contributed by atoms with Crippen LogP contribution in [-0.2, 0) is 9.59 Å². The lowest BCUT2D eigenvalue weighted by Crippen LogP contribution is -2.18. The maximum Gasteiger partial charge on any atom is 0.461 e. The van der Waals surface area contributed by atoms with Gasteiger partial charge in [0.15, 0.2) is 0 Å². The summed E-state index contributed by atoms with van der Waals surface area (Å²) in [6.07, 6.45) is -4.96. The van der Waals surface area contributed by atoms with Crippen molar-refractivity contribution in [2.75, 3.05) is 0 Å². The zero-order chi connectivity index (χ0) is 15.6. The summed E-state index contributed by atoms with van der Waals surface area (Å²) in [4.78, 5) is 21.6. The van der Waals surface area contributed by atoms with Gasteiger partial charge in [-0.25, -0.2) is 0 Å². The summed E-state index contributed by atoms with van der Waals surface area (Å²) in [6, 6.07) is 4.49. The maximum absolute atomic E-state index is 12.4. The number of benzene rings is 1. The van der Waals surface area contributed by atoms with E-state index in [1.54, 1.807) is 0 Å². The van der Waals surface area contributed by atoms with Crippen LogP contribution in [0.1, 0.15) is 0 Å². The number of alkyl halides is 6. The Kier molecular flexibility index (Phi) is 5.45. The van der Waals surface area contributed by atoms with E-state index in [0.29, 0.717) is 0 Å². The van der Waals surface area contributed by atoms with Crippen molar-refractivity contribution in [2.45, 2.75) is 21.3 Å². The number of carbonyl (C=O) groups excluding carboxylic acids is 2. The SMILES string of the molecule is O=C(Sc1ccc(SC(=O)C(F)(F)Cl)cc1)C(F)(F)F. The van der Waals surface area contributed by atoms with Gasteiger partial charge in [-0.1, -0.05) is 0 Å². The van der Waals surface area contributed by atoms with Gasteiger partial charge in [0.1, 0.15) is 0 Å². The Hall–Kier alpha value is -0.800.